The molecule has 0 bridgehead atoms. The van der Waals surface area contributed by atoms with Crippen LogP contribution in [0.3, 0.4) is 0 Å². The average molecular weight is 728 g/mol. The summed E-state index contributed by atoms with van der Waals surface area (Å²) >= 11 is 3.59. The van der Waals surface area contributed by atoms with Crippen molar-refractivity contribution in [2.24, 2.45) is 0 Å². The summed E-state index contributed by atoms with van der Waals surface area (Å²) in [5.41, 5.74) is 0.518. The number of carbonyl (C=O) groups is 2. The minimum atomic E-state index is -6.41. The molecule has 2 aromatic carbocycles. The standard InChI is InChI=1S/C20H14F4I2O7S/c1-2-11-3-5-12(6-4-11)17(27)33-16-14(9-13(25)10-15(16)26)18(28)32-8-7-19(21,22)20(23,24)34(29,30)31/h2-6,9-10H,1,7-8H2,(H,29,30,31). The van der Waals surface area contributed by atoms with E-state index >= 15 is 0 Å². The van der Waals surface area contributed by atoms with E-state index < -0.39 is 46.3 Å². The van der Waals surface area contributed by atoms with Gasteiger partial charge in [-0.25, -0.2) is 9.59 Å². The first kappa shape index (κ1) is 28.4. The Morgan fingerprint density at radius 3 is 2.18 bits per heavy atom. The third-order valence-corrected chi connectivity index (χ3v) is 6.57. The highest BCUT2D eigenvalue weighted by atomic mass is 127. The predicted molar refractivity (Wildman–Crippen MR) is 130 cm³/mol. The first-order chi connectivity index (χ1) is 15.6. The van der Waals surface area contributed by atoms with Crippen LogP contribution < -0.4 is 4.74 Å². The van der Waals surface area contributed by atoms with Crippen molar-refractivity contribution in [3.63, 3.8) is 0 Å². The molecule has 0 heterocycles. The molecule has 0 aliphatic heterocycles. The number of carbonyl (C=O) groups excluding carboxylic acids is 2. The minimum Gasteiger partial charge on any atom is -0.462 e. The number of ether oxygens (including phenoxy) is 2. The normalized spacial score (nSPS) is 12.2. The van der Waals surface area contributed by atoms with Crippen LogP contribution in [0.15, 0.2) is 43.0 Å². The summed E-state index contributed by atoms with van der Waals surface area (Å²) in [7, 11) is -6.41. The van der Waals surface area contributed by atoms with Crippen LogP contribution in [0, 0.1) is 7.14 Å². The third-order valence-electron chi connectivity index (χ3n) is 4.20. The molecular formula is C20H14F4I2O7S. The summed E-state index contributed by atoms with van der Waals surface area (Å²) < 4.78 is 93.9. The molecule has 0 aromatic heterocycles. The van der Waals surface area contributed by atoms with Gasteiger partial charge in [-0.2, -0.15) is 26.0 Å². The van der Waals surface area contributed by atoms with Gasteiger partial charge in [0.05, 0.1) is 22.2 Å². The maximum atomic E-state index is 13.6. The number of hydrogen-bond donors (Lipinski definition) is 1. The van der Waals surface area contributed by atoms with Crippen molar-refractivity contribution in [1.82, 2.24) is 0 Å². The zero-order valence-electron chi connectivity index (χ0n) is 16.7. The summed E-state index contributed by atoms with van der Waals surface area (Å²) in [6.07, 6.45) is -0.349. The summed E-state index contributed by atoms with van der Waals surface area (Å²) in [5, 5.41) is -5.79. The molecule has 184 valence electrons. The Morgan fingerprint density at radius 1 is 1.06 bits per heavy atom. The van der Waals surface area contributed by atoms with E-state index in [0.717, 1.165) is 5.56 Å². The van der Waals surface area contributed by atoms with Crippen molar-refractivity contribution in [2.45, 2.75) is 17.6 Å². The van der Waals surface area contributed by atoms with Gasteiger partial charge in [-0.15, -0.1) is 0 Å². The van der Waals surface area contributed by atoms with E-state index in [4.69, 9.17) is 9.29 Å². The smallest absolute Gasteiger partial charge is 0.431 e. The largest absolute Gasteiger partial charge is 0.462 e. The van der Waals surface area contributed by atoms with Crippen molar-refractivity contribution >= 4 is 73.3 Å². The van der Waals surface area contributed by atoms with E-state index in [9.17, 15) is 35.6 Å². The molecule has 0 saturated carbocycles. The van der Waals surface area contributed by atoms with Crippen LogP contribution in [-0.2, 0) is 14.9 Å². The summed E-state index contributed by atoms with van der Waals surface area (Å²) in [6.45, 7) is 2.26. The number of hydrogen-bond acceptors (Lipinski definition) is 6. The van der Waals surface area contributed by atoms with Gasteiger partial charge in [0.15, 0.2) is 5.75 Å². The molecule has 0 aliphatic carbocycles. The third kappa shape index (κ3) is 6.45. The molecule has 2 aromatic rings. The van der Waals surface area contributed by atoms with Crippen molar-refractivity contribution in [1.29, 1.82) is 0 Å². The van der Waals surface area contributed by atoms with Crippen molar-refractivity contribution in [3.8, 4) is 5.75 Å². The van der Waals surface area contributed by atoms with E-state index in [2.05, 4.69) is 11.3 Å². The van der Waals surface area contributed by atoms with Gasteiger partial charge in [0.25, 0.3) is 0 Å². The Kier molecular flexibility index (Phi) is 9.09. The molecule has 0 fully saturated rings. The molecule has 0 unspecified atom stereocenters. The summed E-state index contributed by atoms with van der Waals surface area (Å²) in [6, 6.07) is 8.87. The maximum Gasteiger partial charge on any atom is 0.431 e. The van der Waals surface area contributed by atoms with Gasteiger partial charge in [0, 0.05) is 3.57 Å². The molecule has 2 rings (SSSR count). The van der Waals surface area contributed by atoms with Crippen molar-refractivity contribution in [3.05, 3.63) is 66.8 Å². The van der Waals surface area contributed by atoms with Gasteiger partial charge in [0.2, 0.25) is 0 Å². The lowest BCUT2D eigenvalue weighted by Crippen LogP contribution is -2.47. The Balaban J connectivity index is 2.22. The zero-order chi connectivity index (χ0) is 25.9. The van der Waals surface area contributed by atoms with Gasteiger partial charge < -0.3 is 9.47 Å². The van der Waals surface area contributed by atoms with Crippen LogP contribution in [0.5, 0.6) is 5.75 Å². The Morgan fingerprint density at radius 2 is 1.65 bits per heavy atom. The SMILES string of the molecule is C=Cc1ccc(C(=O)Oc2c(I)cc(I)cc2C(=O)OCCC(F)(F)C(F)(F)S(=O)(=O)O)cc1. The number of benzene rings is 2. The lowest BCUT2D eigenvalue weighted by atomic mass is 10.1. The van der Waals surface area contributed by atoms with Crippen LogP contribution >= 0.6 is 45.2 Å². The molecule has 1 N–H and O–H groups in total. The fourth-order valence-corrected chi connectivity index (χ4v) is 4.84. The van der Waals surface area contributed by atoms with E-state index in [0.29, 0.717) is 3.57 Å². The topological polar surface area (TPSA) is 107 Å². The number of alkyl halides is 4. The maximum absolute atomic E-state index is 13.6. The first-order valence-corrected chi connectivity index (χ1v) is 12.5. The Hall–Kier alpha value is -1.79. The lowest BCUT2D eigenvalue weighted by molar-refractivity contribution is -0.168. The molecule has 0 aliphatic rings. The van der Waals surface area contributed by atoms with Crippen molar-refractivity contribution in [2.75, 3.05) is 6.61 Å². The molecule has 34 heavy (non-hydrogen) atoms. The highest BCUT2D eigenvalue weighted by Crippen LogP contribution is 2.40. The number of esters is 2. The molecule has 0 radical (unpaired) electrons. The fourth-order valence-electron chi connectivity index (χ4n) is 2.41. The highest BCUT2D eigenvalue weighted by molar-refractivity contribution is 14.1. The monoisotopic (exact) mass is 728 g/mol. The van der Waals surface area contributed by atoms with Gasteiger partial charge in [-0.05, 0) is 75.0 Å². The van der Waals surface area contributed by atoms with Gasteiger partial charge in [-0.1, -0.05) is 24.8 Å². The summed E-state index contributed by atoms with van der Waals surface area (Å²) in [4.78, 5) is 25.0. The average Bonchev–Trinajstić information content (AvgIpc) is 2.74. The van der Waals surface area contributed by atoms with Gasteiger partial charge in [0.1, 0.15) is 5.56 Å². The molecule has 7 nitrogen and oxygen atoms in total. The van der Waals surface area contributed by atoms with Gasteiger partial charge >= 0.3 is 33.2 Å². The van der Waals surface area contributed by atoms with Crippen LogP contribution in [-0.4, -0.2) is 42.7 Å². The molecule has 0 atom stereocenters. The van der Waals surface area contributed by atoms with Crippen LogP contribution in [0.25, 0.3) is 6.08 Å². The first-order valence-electron chi connectivity index (χ1n) is 8.94. The van der Waals surface area contributed by atoms with E-state index in [1.54, 1.807) is 46.9 Å². The molecule has 0 saturated heterocycles. The number of rotatable bonds is 9. The van der Waals surface area contributed by atoms with E-state index in [1.165, 1.54) is 18.2 Å². The Bertz CT molecular complexity index is 1220. The van der Waals surface area contributed by atoms with Crippen LogP contribution in [0.2, 0.25) is 0 Å². The lowest BCUT2D eigenvalue weighted by Gasteiger charge is -2.23. The number of halogens is 6. The molecule has 0 spiro atoms. The van der Waals surface area contributed by atoms with Crippen molar-refractivity contribution < 1.29 is 49.6 Å². The molecular weight excluding hydrogens is 714 g/mol. The van der Waals surface area contributed by atoms with Crippen LogP contribution in [0.1, 0.15) is 32.7 Å². The van der Waals surface area contributed by atoms with Crippen LogP contribution in [0.4, 0.5) is 17.6 Å². The second-order valence-corrected chi connectivity index (χ2v) is 10.4. The second-order valence-electron chi connectivity index (χ2n) is 6.56. The molecule has 0 amide bonds. The van der Waals surface area contributed by atoms with Gasteiger partial charge in [-0.3, -0.25) is 4.55 Å². The predicted octanol–water partition coefficient (Wildman–Crippen LogP) is 5.42. The summed E-state index contributed by atoms with van der Waals surface area (Å²) in [5.74, 6) is -7.61. The minimum absolute atomic E-state index is 0.131. The van der Waals surface area contributed by atoms with E-state index in [1.807, 2.05) is 22.6 Å². The van der Waals surface area contributed by atoms with E-state index in [-0.39, 0.29) is 20.4 Å². The molecule has 14 heteroatoms. The fraction of sp³-hybridized carbons (Fsp3) is 0.200. The highest BCUT2D eigenvalue weighted by Gasteiger charge is 2.65. The second kappa shape index (κ2) is 10.9. The quantitative estimate of drug-likeness (QED) is 0.121. The Labute approximate surface area is 218 Å². The zero-order valence-corrected chi connectivity index (χ0v) is 21.9.